The number of carbonyl (C=O) groups is 3. The Morgan fingerprint density at radius 2 is 1.36 bits per heavy atom. The minimum Gasteiger partial charge on any atom is -0.452 e. The average molecular weight is 628 g/mol. The highest BCUT2D eigenvalue weighted by Crippen LogP contribution is 2.40. The lowest BCUT2D eigenvalue weighted by Gasteiger charge is -2.26. The molecule has 0 unspecified atom stereocenters. The number of carbonyl (C=O) groups excluding carboxylic acids is 3. The van der Waals surface area contributed by atoms with Crippen molar-refractivity contribution in [2.45, 2.75) is 30.6 Å². The van der Waals surface area contributed by atoms with Gasteiger partial charge in [0.15, 0.2) is 24.5 Å². The second-order valence-corrected chi connectivity index (χ2v) is 10.3. The molecule has 232 valence electrons. The molecule has 1 fully saturated rings. The zero-order valence-electron chi connectivity index (χ0n) is 24.5. The summed E-state index contributed by atoms with van der Waals surface area (Å²) in [6, 6.07) is 26.5. The number of hydrogen-bond acceptors (Lipinski definition) is 11. The maximum absolute atomic E-state index is 13.5. The highest BCUT2D eigenvalue weighted by Gasteiger charge is 2.54. The van der Waals surface area contributed by atoms with Gasteiger partial charge < -0.3 is 29.2 Å². The molecule has 3 aromatic carbocycles. The number of rotatable bonds is 8. The van der Waals surface area contributed by atoms with E-state index < -0.39 is 48.6 Å². The number of aromatic nitrogens is 3. The van der Waals surface area contributed by atoms with Crippen LogP contribution in [-0.2, 0) is 18.9 Å². The maximum Gasteiger partial charge on any atom is 0.339 e. The summed E-state index contributed by atoms with van der Waals surface area (Å²) in [6.07, 6.45) is 1.59. The van der Waals surface area contributed by atoms with E-state index in [-0.39, 0.29) is 39.1 Å². The highest BCUT2D eigenvalue weighted by atomic mass is 16.7. The molecule has 12 heteroatoms. The fourth-order valence-electron chi connectivity index (χ4n) is 5.26. The number of nitriles is 1. The van der Waals surface area contributed by atoms with E-state index in [0.29, 0.717) is 0 Å². The van der Waals surface area contributed by atoms with Crippen LogP contribution in [0.1, 0.15) is 42.9 Å². The van der Waals surface area contributed by atoms with Crippen molar-refractivity contribution in [2.75, 3.05) is 5.73 Å². The van der Waals surface area contributed by atoms with Crippen molar-refractivity contribution in [2.24, 2.45) is 0 Å². The zero-order valence-corrected chi connectivity index (χ0v) is 24.5. The van der Waals surface area contributed by atoms with E-state index in [1.165, 1.54) is 17.1 Å². The van der Waals surface area contributed by atoms with Crippen molar-refractivity contribution in [3.8, 4) is 18.4 Å². The van der Waals surface area contributed by atoms with Crippen molar-refractivity contribution in [1.82, 2.24) is 14.5 Å². The van der Waals surface area contributed by atoms with Gasteiger partial charge in [-0.2, -0.15) is 5.26 Å². The van der Waals surface area contributed by atoms with E-state index in [1.807, 2.05) is 0 Å². The lowest BCUT2D eigenvalue weighted by Crippen LogP contribution is -2.44. The van der Waals surface area contributed by atoms with Gasteiger partial charge in [0.1, 0.15) is 30.0 Å². The number of benzene rings is 3. The summed E-state index contributed by atoms with van der Waals surface area (Å²) < 4.78 is 25.6. The molecule has 0 radical (unpaired) electrons. The van der Waals surface area contributed by atoms with Crippen LogP contribution in [-0.4, -0.2) is 56.9 Å². The molecule has 12 nitrogen and oxygen atoms in total. The number of anilines is 1. The summed E-state index contributed by atoms with van der Waals surface area (Å²) in [7, 11) is 0. The van der Waals surface area contributed by atoms with Crippen LogP contribution in [0.2, 0.25) is 0 Å². The van der Waals surface area contributed by atoms with Crippen molar-refractivity contribution in [3.05, 3.63) is 126 Å². The van der Waals surface area contributed by atoms with Gasteiger partial charge >= 0.3 is 17.9 Å². The van der Waals surface area contributed by atoms with E-state index in [2.05, 4.69) is 22.0 Å². The van der Waals surface area contributed by atoms with Crippen LogP contribution < -0.4 is 5.73 Å². The second-order valence-electron chi connectivity index (χ2n) is 10.3. The Bertz CT molecular complexity index is 2020. The monoisotopic (exact) mass is 627 g/mol. The van der Waals surface area contributed by atoms with Crippen LogP contribution in [0.5, 0.6) is 0 Å². The van der Waals surface area contributed by atoms with Gasteiger partial charge in [-0.15, -0.1) is 6.42 Å². The molecule has 3 heterocycles. The first-order valence-corrected chi connectivity index (χ1v) is 14.3. The number of ether oxygens (including phenoxy) is 4. The fraction of sp³-hybridized carbons (Fsp3) is 0.143. The van der Waals surface area contributed by atoms with E-state index in [0.717, 1.165) is 0 Å². The average Bonchev–Trinajstić information content (AvgIpc) is 3.66. The lowest BCUT2D eigenvalue weighted by molar-refractivity contribution is -0.0766. The van der Waals surface area contributed by atoms with Gasteiger partial charge in [-0.05, 0) is 36.4 Å². The summed E-state index contributed by atoms with van der Waals surface area (Å²) in [5.74, 6) is 0.144. The van der Waals surface area contributed by atoms with Gasteiger partial charge in [0.05, 0.1) is 27.6 Å². The Morgan fingerprint density at radius 1 is 0.830 bits per heavy atom. The quantitative estimate of drug-likeness (QED) is 0.149. The summed E-state index contributed by atoms with van der Waals surface area (Å²) in [5.41, 5.74) is 7.00. The van der Waals surface area contributed by atoms with Gasteiger partial charge in [-0.1, -0.05) is 60.5 Å². The molecule has 5 atom stereocenters. The largest absolute Gasteiger partial charge is 0.452 e. The smallest absolute Gasteiger partial charge is 0.339 e. The van der Waals surface area contributed by atoms with Gasteiger partial charge in [-0.3, -0.25) is 0 Å². The number of terminal acetylenes is 1. The maximum atomic E-state index is 13.5. The standard InChI is InChI=1S/C35H25N5O7/c1-2-25(44-33(41)21-12-6-3-7-13-21)27-28(46-34(42)22-14-8-4-9-15-22)29(47-35(43)23-16-10-5-11-17-23)32(45-27)40-19-24(18-36)26-30(37)38-20-39-31(26)40/h1,3-17,19-20,25,27-29,32H,(H2,37,38,39)/t25-,27-,28-,29-,32-/m0/s1. The Labute approximate surface area is 268 Å². The first-order chi connectivity index (χ1) is 22.9. The fourth-order valence-corrected chi connectivity index (χ4v) is 5.26. The Kier molecular flexibility index (Phi) is 8.60. The van der Waals surface area contributed by atoms with E-state index >= 15 is 0 Å². The Morgan fingerprint density at radius 3 is 1.89 bits per heavy atom. The van der Waals surface area contributed by atoms with Crippen LogP contribution in [0.4, 0.5) is 5.82 Å². The molecule has 1 saturated heterocycles. The number of esters is 3. The van der Waals surface area contributed by atoms with Crippen LogP contribution in [0, 0.1) is 23.7 Å². The molecule has 1 aliphatic heterocycles. The summed E-state index contributed by atoms with van der Waals surface area (Å²) in [4.78, 5) is 48.4. The first kappa shape index (κ1) is 30.5. The predicted octanol–water partition coefficient (Wildman–Crippen LogP) is 4.09. The van der Waals surface area contributed by atoms with Crippen molar-refractivity contribution >= 4 is 34.8 Å². The van der Waals surface area contributed by atoms with Gasteiger partial charge in [0.2, 0.25) is 0 Å². The van der Waals surface area contributed by atoms with E-state index in [9.17, 15) is 19.6 Å². The molecule has 0 saturated carbocycles. The summed E-state index contributed by atoms with van der Waals surface area (Å²) >= 11 is 0. The predicted molar refractivity (Wildman–Crippen MR) is 166 cm³/mol. The third kappa shape index (κ3) is 6.09. The topological polar surface area (TPSA) is 169 Å². The molecule has 0 aliphatic carbocycles. The number of nitrogen functional groups attached to an aromatic ring is 1. The number of nitrogens with two attached hydrogens (primary N) is 1. The van der Waals surface area contributed by atoms with Crippen molar-refractivity contribution in [1.29, 1.82) is 5.26 Å². The Hall–Kier alpha value is -6.50. The van der Waals surface area contributed by atoms with Crippen molar-refractivity contribution in [3.63, 3.8) is 0 Å². The second kappa shape index (κ2) is 13.2. The minimum absolute atomic E-state index is 0.0306. The number of nitrogens with zero attached hydrogens (tertiary/aromatic N) is 4. The molecule has 2 N–H and O–H groups in total. The zero-order chi connectivity index (χ0) is 32.9. The minimum atomic E-state index is -1.43. The summed E-state index contributed by atoms with van der Waals surface area (Å²) in [6.45, 7) is 0. The SMILES string of the molecule is C#C[C@H](OC(=O)c1ccccc1)[C@@H]1O[C@H](n2cc(C#N)c3c(N)ncnc32)[C@@H](OC(=O)c2ccccc2)[C@H]1OC(=O)c1ccccc1. The van der Waals surface area contributed by atoms with Gasteiger partial charge in [-0.25, -0.2) is 24.4 Å². The molecular formula is C35H25N5O7. The van der Waals surface area contributed by atoms with Crippen LogP contribution >= 0.6 is 0 Å². The first-order valence-electron chi connectivity index (χ1n) is 14.3. The normalized spacial score (nSPS) is 19.2. The molecule has 0 amide bonds. The third-order valence-electron chi connectivity index (χ3n) is 7.47. The number of fused-ring (bicyclic) bond motifs is 1. The third-order valence-corrected chi connectivity index (χ3v) is 7.47. The Balaban J connectivity index is 1.46. The molecule has 1 aliphatic rings. The van der Waals surface area contributed by atoms with Gasteiger partial charge in [0, 0.05) is 6.20 Å². The lowest BCUT2D eigenvalue weighted by atomic mass is 10.0. The van der Waals surface area contributed by atoms with E-state index in [4.69, 9.17) is 31.1 Å². The van der Waals surface area contributed by atoms with Gasteiger partial charge in [0.25, 0.3) is 0 Å². The van der Waals surface area contributed by atoms with E-state index in [1.54, 1.807) is 91.0 Å². The summed E-state index contributed by atoms with van der Waals surface area (Å²) in [5, 5.41) is 10.1. The number of hydrogen-bond donors (Lipinski definition) is 1. The molecule has 0 bridgehead atoms. The molecule has 0 spiro atoms. The molecular weight excluding hydrogens is 602 g/mol. The van der Waals surface area contributed by atoms with Crippen LogP contribution in [0.3, 0.4) is 0 Å². The molecule has 2 aromatic heterocycles. The molecule has 47 heavy (non-hydrogen) atoms. The van der Waals surface area contributed by atoms with Crippen LogP contribution in [0.15, 0.2) is 104 Å². The molecule has 5 aromatic rings. The molecule has 6 rings (SSSR count). The van der Waals surface area contributed by atoms with Crippen molar-refractivity contribution < 1.29 is 33.3 Å². The van der Waals surface area contributed by atoms with Crippen LogP contribution in [0.25, 0.3) is 11.0 Å². The highest BCUT2D eigenvalue weighted by molar-refractivity contribution is 5.93.